The third-order valence-corrected chi connectivity index (χ3v) is 3.87. The van der Waals surface area contributed by atoms with Crippen LogP contribution < -0.4 is 5.32 Å². The Morgan fingerprint density at radius 3 is 2.47 bits per heavy atom. The van der Waals surface area contributed by atoms with E-state index in [1.165, 1.54) is 0 Å². The first-order valence-corrected chi connectivity index (χ1v) is 7.99. The lowest BCUT2D eigenvalue weighted by Crippen LogP contribution is -2.33. The van der Waals surface area contributed by atoms with Crippen molar-refractivity contribution in [3.63, 3.8) is 0 Å². The van der Waals surface area contributed by atoms with E-state index in [4.69, 9.17) is 23.2 Å². The van der Waals surface area contributed by atoms with Crippen molar-refractivity contribution in [2.45, 2.75) is 13.0 Å². The molecule has 0 aromatic heterocycles. The smallest absolute Gasteiger partial charge is 0.223 e. The number of aliphatic hydroxyl groups is 1. The highest BCUT2D eigenvalue weighted by Gasteiger charge is 2.15. The molecule has 0 unspecified atom stereocenters. The third-order valence-electron chi connectivity index (χ3n) is 2.60. The number of halogens is 2. The number of thioether (sulfide) groups is 1. The second-order valence-electron chi connectivity index (χ2n) is 4.32. The van der Waals surface area contributed by atoms with Crippen LogP contribution in [0.2, 0.25) is 10.0 Å². The van der Waals surface area contributed by atoms with Crippen LogP contribution in [0.25, 0.3) is 0 Å². The Bertz CT molecular complexity index is 422. The van der Waals surface area contributed by atoms with Gasteiger partial charge in [0.2, 0.25) is 5.91 Å². The first-order chi connectivity index (χ1) is 8.93. The molecule has 106 valence electrons. The maximum atomic E-state index is 11.7. The molecule has 1 aromatic carbocycles. The van der Waals surface area contributed by atoms with Crippen molar-refractivity contribution in [1.29, 1.82) is 0 Å². The molecule has 1 rings (SSSR count). The molecular formula is C13H17Cl2NO2S. The molecule has 0 bridgehead atoms. The Labute approximate surface area is 127 Å². The minimum atomic E-state index is -0.818. The zero-order valence-electron chi connectivity index (χ0n) is 10.8. The van der Waals surface area contributed by atoms with E-state index in [0.29, 0.717) is 15.6 Å². The molecule has 0 fully saturated rings. The van der Waals surface area contributed by atoms with Gasteiger partial charge in [0.05, 0.1) is 6.10 Å². The minimum Gasteiger partial charge on any atom is -0.387 e. The lowest BCUT2D eigenvalue weighted by Gasteiger charge is -2.15. The summed E-state index contributed by atoms with van der Waals surface area (Å²) in [4.78, 5) is 11.7. The van der Waals surface area contributed by atoms with E-state index in [9.17, 15) is 9.90 Å². The van der Waals surface area contributed by atoms with Gasteiger partial charge in [0.25, 0.3) is 0 Å². The summed E-state index contributed by atoms with van der Waals surface area (Å²) in [5.41, 5.74) is 0.593. The standard InChI is InChI=1S/C13H17Cl2NO2S/c1-8(7-19-2)13(18)16-6-12(17)9-3-10(14)5-11(15)4-9/h3-5,8,12,17H,6-7H2,1-2H3,(H,16,18)/t8-,12+/m0/s1. The van der Waals surface area contributed by atoms with Crippen LogP contribution in [0.15, 0.2) is 18.2 Å². The number of amides is 1. The third kappa shape index (κ3) is 5.61. The second kappa shape index (κ2) is 8.00. The molecule has 19 heavy (non-hydrogen) atoms. The van der Waals surface area contributed by atoms with E-state index in [-0.39, 0.29) is 18.4 Å². The van der Waals surface area contributed by atoms with E-state index >= 15 is 0 Å². The Kier molecular flexibility index (Phi) is 7.00. The van der Waals surface area contributed by atoms with Gasteiger partial charge in [-0.15, -0.1) is 0 Å². The number of carbonyl (C=O) groups excluding carboxylic acids is 1. The van der Waals surface area contributed by atoms with E-state index in [1.807, 2.05) is 13.2 Å². The molecule has 1 amide bonds. The van der Waals surface area contributed by atoms with Crippen molar-refractivity contribution < 1.29 is 9.90 Å². The van der Waals surface area contributed by atoms with Crippen molar-refractivity contribution in [3.05, 3.63) is 33.8 Å². The summed E-state index contributed by atoms with van der Waals surface area (Å²) in [5, 5.41) is 13.6. The topological polar surface area (TPSA) is 49.3 Å². The molecule has 0 aliphatic heterocycles. The van der Waals surface area contributed by atoms with E-state index in [0.717, 1.165) is 5.75 Å². The Morgan fingerprint density at radius 2 is 1.95 bits per heavy atom. The van der Waals surface area contributed by atoms with Crippen LogP contribution in [0.3, 0.4) is 0 Å². The summed E-state index contributed by atoms with van der Waals surface area (Å²) in [5.74, 6) is 0.608. The molecule has 1 aromatic rings. The van der Waals surface area contributed by atoms with Crippen LogP contribution in [-0.4, -0.2) is 29.6 Å². The average molecular weight is 322 g/mol. The number of benzene rings is 1. The van der Waals surface area contributed by atoms with Gasteiger partial charge in [-0.25, -0.2) is 0 Å². The van der Waals surface area contributed by atoms with Crippen molar-refractivity contribution in [1.82, 2.24) is 5.32 Å². The van der Waals surface area contributed by atoms with Gasteiger partial charge in [0, 0.05) is 28.3 Å². The van der Waals surface area contributed by atoms with Crippen LogP contribution >= 0.6 is 35.0 Å². The lowest BCUT2D eigenvalue weighted by atomic mass is 10.1. The molecule has 6 heteroatoms. The highest BCUT2D eigenvalue weighted by molar-refractivity contribution is 7.98. The number of nitrogens with one attached hydrogen (secondary N) is 1. The Morgan fingerprint density at radius 1 is 1.37 bits per heavy atom. The Balaban J connectivity index is 2.55. The van der Waals surface area contributed by atoms with Gasteiger partial charge in [-0.2, -0.15) is 11.8 Å². The van der Waals surface area contributed by atoms with Gasteiger partial charge >= 0.3 is 0 Å². The van der Waals surface area contributed by atoms with Crippen LogP contribution in [0.5, 0.6) is 0 Å². The molecule has 2 atom stereocenters. The molecule has 0 spiro atoms. The average Bonchev–Trinajstić information content (AvgIpc) is 2.34. The maximum Gasteiger partial charge on any atom is 0.223 e. The predicted molar refractivity (Wildman–Crippen MR) is 82.0 cm³/mol. The summed E-state index contributed by atoms with van der Waals surface area (Å²) in [6.07, 6.45) is 1.13. The van der Waals surface area contributed by atoms with E-state index in [1.54, 1.807) is 30.0 Å². The molecule has 0 saturated carbocycles. The Hall–Kier alpha value is -0.420. The van der Waals surface area contributed by atoms with Gasteiger partial charge in [0.1, 0.15) is 0 Å². The number of rotatable bonds is 6. The molecule has 3 nitrogen and oxygen atoms in total. The van der Waals surface area contributed by atoms with Crippen LogP contribution in [0.4, 0.5) is 0 Å². The first kappa shape index (κ1) is 16.6. The summed E-state index contributed by atoms with van der Waals surface area (Å²) in [6.45, 7) is 2.00. The molecule has 0 radical (unpaired) electrons. The molecular weight excluding hydrogens is 305 g/mol. The minimum absolute atomic E-state index is 0.0680. The number of carbonyl (C=O) groups is 1. The summed E-state index contributed by atoms with van der Waals surface area (Å²) >= 11 is 13.3. The van der Waals surface area contributed by atoms with Gasteiger partial charge in [-0.1, -0.05) is 30.1 Å². The largest absolute Gasteiger partial charge is 0.387 e. The number of hydrogen-bond acceptors (Lipinski definition) is 3. The van der Waals surface area contributed by atoms with Crippen LogP contribution in [0, 0.1) is 5.92 Å². The van der Waals surface area contributed by atoms with Crippen molar-refractivity contribution in [2.75, 3.05) is 18.6 Å². The molecule has 0 saturated heterocycles. The zero-order chi connectivity index (χ0) is 14.4. The van der Waals surface area contributed by atoms with Crippen molar-refractivity contribution >= 4 is 40.9 Å². The van der Waals surface area contributed by atoms with Crippen molar-refractivity contribution in [2.24, 2.45) is 5.92 Å². The van der Waals surface area contributed by atoms with Crippen LogP contribution in [0.1, 0.15) is 18.6 Å². The lowest BCUT2D eigenvalue weighted by molar-refractivity contribution is -0.124. The van der Waals surface area contributed by atoms with Gasteiger partial charge in [0.15, 0.2) is 0 Å². The SMILES string of the molecule is CSC[C@H](C)C(=O)NC[C@@H](O)c1cc(Cl)cc(Cl)c1. The highest BCUT2D eigenvalue weighted by atomic mass is 35.5. The first-order valence-electron chi connectivity index (χ1n) is 5.84. The monoisotopic (exact) mass is 321 g/mol. The van der Waals surface area contributed by atoms with Gasteiger partial charge in [-0.05, 0) is 30.0 Å². The fraction of sp³-hybridized carbons (Fsp3) is 0.462. The molecule has 0 aliphatic carbocycles. The van der Waals surface area contributed by atoms with Crippen molar-refractivity contribution in [3.8, 4) is 0 Å². The fourth-order valence-electron chi connectivity index (χ4n) is 1.58. The highest BCUT2D eigenvalue weighted by Crippen LogP contribution is 2.23. The quantitative estimate of drug-likeness (QED) is 0.846. The predicted octanol–water partition coefficient (Wildman–Crippen LogP) is 3.14. The van der Waals surface area contributed by atoms with E-state index in [2.05, 4.69) is 5.32 Å². The van der Waals surface area contributed by atoms with Crippen LogP contribution in [-0.2, 0) is 4.79 Å². The molecule has 0 aliphatic rings. The fourth-order valence-corrected chi connectivity index (χ4v) is 2.78. The number of aliphatic hydroxyl groups excluding tert-OH is 1. The summed E-state index contributed by atoms with van der Waals surface area (Å²) < 4.78 is 0. The molecule has 0 heterocycles. The zero-order valence-corrected chi connectivity index (χ0v) is 13.1. The number of hydrogen-bond donors (Lipinski definition) is 2. The van der Waals surface area contributed by atoms with Gasteiger partial charge in [-0.3, -0.25) is 4.79 Å². The maximum absolute atomic E-state index is 11.7. The molecule has 2 N–H and O–H groups in total. The summed E-state index contributed by atoms with van der Waals surface area (Å²) in [6, 6.07) is 4.86. The van der Waals surface area contributed by atoms with Gasteiger partial charge < -0.3 is 10.4 Å². The normalized spacial score (nSPS) is 13.9. The summed E-state index contributed by atoms with van der Waals surface area (Å²) in [7, 11) is 0. The second-order valence-corrected chi connectivity index (χ2v) is 6.10. The van der Waals surface area contributed by atoms with E-state index < -0.39 is 6.10 Å².